The maximum Gasteiger partial charge on any atom is 0.227 e. The quantitative estimate of drug-likeness (QED) is 0.664. The maximum atomic E-state index is 12.2. The molecule has 0 radical (unpaired) electrons. The lowest BCUT2D eigenvalue weighted by Gasteiger charge is -2.30. The first kappa shape index (κ1) is 14.8. The van der Waals surface area contributed by atoms with E-state index in [2.05, 4.69) is 10.6 Å². The highest BCUT2D eigenvalue weighted by Crippen LogP contribution is 2.29. The van der Waals surface area contributed by atoms with Gasteiger partial charge in [-0.05, 0) is 31.7 Å². The van der Waals surface area contributed by atoms with Crippen LogP contribution in [-0.2, 0) is 9.53 Å². The van der Waals surface area contributed by atoms with Crippen LogP contribution in [0.2, 0.25) is 0 Å². The lowest BCUT2D eigenvalue weighted by atomic mass is 9.79. The minimum Gasteiger partial charge on any atom is -0.396 e. The number of ether oxygens (including phenoxy) is 1. The van der Waals surface area contributed by atoms with Gasteiger partial charge >= 0.3 is 0 Å². The SMILES string of the molecule is CNC1COCC1C(=O)NCC1CCCCC1CO. The molecule has 2 rings (SSSR count). The van der Waals surface area contributed by atoms with Crippen molar-refractivity contribution < 1.29 is 14.6 Å². The summed E-state index contributed by atoms with van der Waals surface area (Å²) in [6, 6.07) is 0.125. The predicted molar refractivity (Wildman–Crippen MR) is 72.7 cm³/mol. The molecule has 4 atom stereocenters. The highest BCUT2D eigenvalue weighted by atomic mass is 16.5. The number of hydrogen-bond donors (Lipinski definition) is 3. The fourth-order valence-corrected chi connectivity index (χ4v) is 3.25. The number of amides is 1. The van der Waals surface area contributed by atoms with Crippen LogP contribution in [0.1, 0.15) is 25.7 Å². The Morgan fingerprint density at radius 1 is 1.26 bits per heavy atom. The van der Waals surface area contributed by atoms with Crippen LogP contribution in [0, 0.1) is 17.8 Å². The fourth-order valence-electron chi connectivity index (χ4n) is 3.25. The summed E-state index contributed by atoms with van der Waals surface area (Å²) in [4.78, 5) is 12.2. The second-order valence-corrected chi connectivity index (χ2v) is 5.77. The van der Waals surface area contributed by atoms with Gasteiger partial charge in [0.05, 0.1) is 19.1 Å². The molecule has 2 fully saturated rings. The fraction of sp³-hybridized carbons (Fsp3) is 0.929. The Morgan fingerprint density at radius 3 is 2.68 bits per heavy atom. The maximum absolute atomic E-state index is 12.2. The average Bonchev–Trinajstić information content (AvgIpc) is 2.93. The Labute approximate surface area is 115 Å². The summed E-state index contributed by atoms with van der Waals surface area (Å²) < 4.78 is 5.35. The molecule has 0 spiro atoms. The van der Waals surface area contributed by atoms with Gasteiger partial charge in [0, 0.05) is 19.2 Å². The van der Waals surface area contributed by atoms with Crippen molar-refractivity contribution in [2.75, 3.05) is 33.4 Å². The molecule has 1 amide bonds. The van der Waals surface area contributed by atoms with Crippen LogP contribution >= 0.6 is 0 Å². The molecule has 110 valence electrons. The number of carbonyl (C=O) groups excluding carboxylic acids is 1. The number of carbonyl (C=O) groups is 1. The second-order valence-electron chi connectivity index (χ2n) is 5.77. The molecule has 2 aliphatic rings. The molecule has 3 N–H and O–H groups in total. The Kier molecular flexibility index (Phi) is 5.60. The Morgan fingerprint density at radius 2 is 2.00 bits per heavy atom. The molecule has 0 aromatic heterocycles. The summed E-state index contributed by atoms with van der Waals surface area (Å²) in [5.74, 6) is 0.785. The molecule has 1 saturated heterocycles. The minimum absolute atomic E-state index is 0.0823. The van der Waals surface area contributed by atoms with E-state index in [1.54, 1.807) is 0 Å². The highest BCUT2D eigenvalue weighted by Gasteiger charge is 2.33. The van der Waals surface area contributed by atoms with E-state index in [0.29, 0.717) is 31.6 Å². The van der Waals surface area contributed by atoms with Crippen molar-refractivity contribution in [3.8, 4) is 0 Å². The Hall–Kier alpha value is -0.650. The van der Waals surface area contributed by atoms with Crippen molar-refractivity contribution in [2.45, 2.75) is 31.7 Å². The van der Waals surface area contributed by atoms with Gasteiger partial charge in [-0.3, -0.25) is 4.79 Å². The van der Waals surface area contributed by atoms with Crippen LogP contribution in [0.5, 0.6) is 0 Å². The molecular formula is C14H26N2O3. The van der Waals surface area contributed by atoms with E-state index in [9.17, 15) is 9.90 Å². The third-order valence-electron chi connectivity index (χ3n) is 4.63. The molecule has 5 nitrogen and oxygen atoms in total. The van der Waals surface area contributed by atoms with Crippen LogP contribution in [0.4, 0.5) is 0 Å². The molecular weight excluding hydrogens is 244 g/mol. The van der Waals surface area contributed by atoms with Crippen molar-refractivity contribution in [3.05, 3.63) is 0 Å². The van der Waals surface area contributed by atoms with Gasteiger partial charge in [-0.1, -0.05) is 12.8 Å². The molecule has 0 aromatic carbocycles. The minimum atomic E-state index is -0.0823. The molecule has 5 heteroatoms. The summed E-state index contributed by atoms with van der Waals surface area (Å²) in [6.45, 7) is 2.05. The zero-order chi connectivity index (χ0) is 13.7. The number of nitrogens with one attached hydrogen (secondary N) is 2. The summed E-state index contributed by atoms with van der Waals surface area (Å²) in [5, 5.41) is 15.6. The number of aliphatic hydroxyl groups excluding tert-OH is 1. The third-order valence-corrected chi connectivity index (χ3v) is 4.63. The summed E-state index contributed by atoms with van der Waals surface area (Å²) in [7, 11) is 1.86. The van der Waals surface area contributed by atoms with Crippen molar-refractivity contribution in [1.82, 2.24) is 10.6 Å². The number of likely N-dealkylation sites (N-methyl/N-ethyl adjacent to an activating group) is 1. The lowest BCUT2D eigenvalue weighted by Crippen LogP contribution is -2.45. The van der Waals surface area contributed by atoms with Crippen LogP contribution in [0.3, 0.4) is 0 Å². The van der Waals surface area contributed by atoms with Gasteiger partial charge in [-0.2, -0.15) is 0 Å². The molecule has 1 aliphatic carbocycles. The van der Waals surface area contributed by atoms with E-state index in [1.165, 1.54) is 12.8 Å². The molecule has 1 aliphatic heterocycles. The van der Waals surface area contributed by atoms with Crippen LogP contribution in [-0.4, -0.2) is 50.5 Å². The van der Waals surface area contributed by atoms with Gasteiger partial charge in [-0.25, -0.2) is 0 Å². The molecule has 0 bridgehead atoms. The standard InChI is InChI=1S/C14H26N2O3/c1-15-13-9-19-8-12(13)14(18)16-6-10-4-2-3-5-11(10)7-17/h10-13,15,17H,2-9H2,1H3,(H,16,18). The Balaban J connectivity index is 1.79. The van der Waals surface area contributed by atoms with E-state index in [-0.39, 0.29) is 24.5 Å². The predicted octanol–water partition coefficient (Wildman–Crippen LogP) is 0.136. The smallest absolute Gasteiger partial charge is 0.227 e. The summed E-state index contributed by atoms with van der Waals surface area (Å²) in [5.41, 5.74) is 0. The highest BCUT2D eigenvalue weighted by molar-refractivity contribution is 5.79. The first-order chi connectivity index (χ1) is 9.26. The van der Waals surface area contributed by atoms with E-state index in [1.807, 2.05) is 7.05 Å². The van der Waals surface area contributed by atoms with Crippen molar-refractivity contribution in [1.29, 1.82) is 0 Å². The molecule has 1 heterocycles. The summed E-state index contributed by atoms with van der Waals surface area (Å²) in [6.07, 6.45) is 4.61. The van der Waals surface area contributed by atoms with Gasteiger partial charge < -0.3 is 20.5 Å². The van der Waals surface area contributed by atoms with Gasteiger partial charge in [0.2, 0.25) is 5.91 Å². The third kappa shape index (κ3) is 3.68. The number of aliphatic hydroxyl groups is 1. The van der Waals surface area contributed by atoms with E-state index < -0.39 is 0 Å². The van der Waals surface area contributed by atoms with E-state index in [0.717, 1.165) is 12.8 Å². The topological polar surface area (TPSA) is 70.6 Å². The molecule has 4 unspecified atom stereocenters. The zero-order valence-electron chi connectivity index (χ0n) is 11.7. The van der Waals surface area contributed by atoms with Gasteiger partial charge in [0.25, 0.3) is 0 Å². The first-order valence-corrected chi connectivity index (χ1v) is 7.39. The second kappa shape index (κ2) is 7.22. The molecule has 1 saturated carbocycles. The number of hydrogen-bond acceptors (Lipinski definition) is 4. The van der Waals surface area contributed by atoms with Gasteiger partial charge in [-0.15, -0.1) is 0 Å². The first-order valence-electron chi connectivity index (χ1n) is 7.39. The lowest BCUT2D eigenvalue weighted by molar-refractivity contribution is -0.125. The van der Waals surface area contributed by atoms with Gasteiger partial charge in [0.1, 0.15) is 0 Å². The van der Waals surface area contributed by atoms with E-state index >= 15 is 0 Å². The van der Waals surface area contributed by atoms with Gasteiger partial charge in [0.15, 0.2) is 0 Å². The Bertz CT molecular complexity index is 298. The molecule has 0 aromatic rings. The normalized spacial score (nSPS) is 35.3. The monoisotopic (exact) mass is 270 g/mol. The largest absolute Gasteiger partial charge is 0.396 e. The van der Waals surface area contributed by atoms with Crippen molar-refractivity contribution >= 4 is 5.91 Å². The van der Waals surface area contributed by atoms with E-state index in [4.69, 9.17) is 4.74 Å². The summed E-state index contributed by atoms with van der Waals surface area (Å²) >= 11 is 0. The zero-order valence-corrected chi connectivity index (χ0v) is 11.7. The van der Waals surface area contributed by atoms with Crippen molar-refractivity contribution in [3.63, 3.8) is 0 Å². The van der Waals surface area contributed by atoms with Crippen LogP contribution in [0.25, 0.3) is 0 Å². The average molecular weight is 270 g/mol. The number of rotatable bonds is 5. The molecule has 19 heavy (non-hydrogen) atoms. The van der Waals surface area contributed by atoms with Crippen LogP contribution < -0.4 is 10.6 Å². The van der Waals surface area contributed by atoms with Crippen LogP contribution in [0.15, 0.2) is 0 Å². The van der Waals surface area contributed by atoms with Crippen molar-refractivity contribution in [2.24, 2.45) is 17.8 Å².